The molecule has 0 fully saturated rings. The van der Waals surface area contributed by atoms with Gasteiger partial charge in [-0.2, -0.15) is 0 Å². The minimum atomic E-state index is -3.84. The second-order valence-corrected chi connectivity index (χ2v) is 11.2. The van der Waals surface area contributed by atoms with Crippen molar-refractivity contribution in [3.05, 3.63) is 60.7 Å². The molecule has 100 valence electrons. The van der Waals surface area contributed by atoms with Crippen molar-refractivity contribution < 1.29 is 13.7 Å². The van der Waals surface area contributed by atoms with Gasteiger partial charge < -0.3 is 13.7 Å². The molecular formula is C14H18O3Si2. The van der Waals surface area contributed by atoms with Gasteiger partial charge in [-0.25, -0.2) is 0 Å². The van der Waals surface area contributed by atoms with Crippen molar-refractivity contribution in [1.29, 1.82) is 0 Å². The lowest BCUT2D eigenvalue weighted by Gasteiger charge is -2.30. The summed E-state index contributed by atoms with van der Waals surface area (Å²) in [6.07, 6.45) is 0. The van der Waals surface area contributed by atoms with Crippen molar-refractivity contribution in [2.45, 2.75) is 13.1 Å². The van der Waals surface area contributed by atoms with Crippen LogP contribution < -0.4 is 10.4 Å². The van der Waals surface area contributed by atoms with Crippen LogP contribution in [0, 0.1) is 0 Å². The smallest absolute Gasteiger partial charge is 0.408 e. The zero-order valence-corrected chi connectivity index (χ0v) is 13.1. The summed E-state index contributed by atoms with van der Waals surface area (Å²) < 4.78 is 5.79. The molecule has 0 bridgehead atoms. The van der Waals surface area contributed by atoms with Crippen molar-refractivity contribution >= 4 is 27.5 Å². The van der Waals surface area contributed by atoms with Gasteiger partial charge in [0, 0.05) is 5.19 Å². The number of rotatable bonds is 4. The molecule has 2 aromatic carbocycles. The summed E-state index contributed by atoms with van der Waals surface area (Å²) in [6, 6.07) is 18.6. The summed E-state index contributed by atoms with van der Waals surface area (Å²) in [5.74, 6) is 0. The van der Waals surface area contributed by atoms with Gasteiger partial charge in [0.15, 0.2) is 0 Å². The van der Waals surface area contributed by atoms with Gasteiger partial charge in [-0.15, -0.1) is 0 Å². The molecule has 2 aromatic rings. The minimum absolute atomic E-state index is 0.478. The molecule has 0 aromatic heterocycles. The van der Waals surface area contributed by atoms with E-state index in [2.05, 4.69) is 0 Å². The van der Waals surface area contributed by atoms with Crippen molar-refractivity contribution in [3.63, 3.8) is 0 Å². The van der Waals surface area contributed by atoms with Crippen molar-refractivity contribution in [1.82, 2.24) is 0 Å². The maximum atomic E-state index is 10.3. The molecular weight excluding hydrogens is 272 g/mol. The summed E-state index contributed by atoms with van der Waals surface area (Å²) in [5.41, 5.74) is 0. The van der Waals surface area contributed by atoms with Gasteiger partial charge in [-0.3, -0.25) is 0 Å². The first kappa shape index (κ1) is 14.2. The van der Waals surface area contributed by atoms with E-state index in [4.69, 9.17) is 4.12 Å². The third kappa shape index (κ3) is 3.40. The molecule has 0 radical (unpaired) electrons. The lowest BCUT2D eigenvalue weighted by atomic mass is 10.4. The Morgan fingerprint density at radius 3 is 1.63 bits per heavy atom. The molecule has 0 spiro atoms. The molecule has 3 nitrogen and oxygen atoms in total. The van der Waals surface area contributed by atoms with Gasteiger partial charge in [0.05, 0.1) is 0 Å². The molecule has 0 atom stereocenters. The van der Waals surface area contributed by atoms with E-state index in [0.29, 0.717) is 5.19 Å². The summed E-state index contributed by atoms with van der Waals surface area (Å²) in [5, 5.41) is 1.53. The first-order valence-electron chi connectivity index (χ1n) is 6.18. The maximum Gasteiger partial charge on any atom is 0.521 e. The first-order chi connectivity index (χ1) is 8.92. The molecule has 0 heterocycles. The summed E-state index contributed by atoms with van der Waals surface area (Å²) in [7, 11) is -6.17. The van der Waals surface area contributed by atoms with Gasteiger partial charge in [0.2, 0.25) is 8.32 Å². The van der Waals surface area contributed by atoms with Gasteiger partial charge in [-0.05, 0) is 18.3 Å². The van der Waals surface area contributed by atoms with Crippen LogP contribution in [0.15, 0.2) is 60.7 Å². The van der Waals surface area contributed by atoms with E-state index in [9.17, 15) is 9.59 Å². The molecule has 0 amide bonds. The Balaban J connectivity index is 2.25. The third-order valence-corrected chi connectivity index (χ3v) is 9.01. The van der Waals surface area contributed by atoms with Crippen LogP contribution in [0.3, 0.4) is 0 Å². The van der Waals surface area contributed by atoms with Crippen LogP contribution in [0.5, 0.6) is 0 Å². The number of benzene rings is 2. The average Bonchev–Trinajstić information content (AvgIpc) is 2.40. The van der Waals surface area contributed by atoms with E-state index in [1.54, 1.807) is 24.3 Å². The van der Waals surface area contributed by atoms with Gasteiger partial charge in [-0.1, -0.05) is 60.7 Å². The van der Waals surface area contributed by atoms with Crippen LogP contribution in [-0.2, 0) is 4.12 Å². The van der Waals surface area contributed by atoms with Gasteiger partial charge >= 0.3 is 8.80 Å². The Morgan fingerprint density at radius 1 is 0.737 bits per heavy atom. The molecule has 0 aliphatic carbocycles. The Morgan fingerprint density at radius 2 is 1.16 bits per heavy atom. The Kier molecular flexibility index (Phi) is 4.03. The average molecular weight is 290 g/mol. The molecule has 0 aliphatic heterocycles. The Labute approximate surface area is 115 Å². The highest BCUT2D eigenvalue weighted by molar-refractivity contribution is 6.92. The molecule has 2 N–H and O–H groups in total. The number of hydrogen-bond donors (Lipinski definition) is 2. The Hall–Kier alpha value is -1.25. The summed E-state index contributed by atoms with van der Waals surface area (Å²) >= 11 is 0. The van der Waals surface area contributed by atoms with Crippen LogP contribution in [0.2, 0.25) is 13.1 Å². The van der Waals surface area contributed by atoms with Gasteiger partial charge in [0.25, 0.3) is 0 Å². The molecule has 0 saturated heterocycles. The monoisotopic (exact) mass is 290 g/mol. The highest BCUT2D eigenvalue weighted by Gasteiger charge is 2.42. The SMILES string of the molecule is C[Si](C)(O[Si](O)(O)c1ccccc1)c1ccccc1. The second kappa shape index (κ2) is 5.40. The van der Waals surface area contributed by atoms with Crippen LogP contribution in [0.25, 0.3) is 0 Å². The molecule has 19 heavy (non-hydrogen) atoms. The largest absolute Gasteiger partial charge is 0.521 e. The van der Waals surface area contributed by atoms with E-state index >= 15 is 0 Å². The molecule has 2 rings (SSSR count). The summed E-state index contributed by atoms with van der Waals surface area (Å²) in [4.78, 5) is 20.6. The van der Waals surface area contributed by atoms with Crippen molar-refractivity contribution in [2.24, 2.45) is 0 Å². The number of hydrogen-bond acceptors (Lipinski definition) is 3. The fraction of sp³-hybridized carbons (Fsp3) is 0.143. The molecule has 5 heteroatoms. The highest BCUT2D eigenvalue weighted by atomic mass is 28.5. The fourth-order valence-electron chi connectivity index (χ4n) is 1.97. The standard InChI is InChI=1S/C14H18O3Si2/c1-18(2,13-9-5-3-6-10-13)17-19(15,16)14-11-7-4-8-12-14/h3-12,15-16H,1-2H3. The quantitative estimate of drug-likeness (QED) is 0.824. The lowest BCUT2D eigenvalue weighted by molar-refractivity contribution is 0.259. The zero-order chi connectivity index (χ0) is 13.9. The second-order valence-electron chi connectivity index (χ2n) is 4.95. The lowest BCUT2D eigenvalue weighted by Crippen LogP contribution is -2.61. The predicted molar refractivity (Wildman–Crippen MR) is 80.9 cm³/mol. The topological polar surface area (TPSA) is 49.7 Å². The van der Waals surface area contributed by atoms with Crippen LogP contribution in [0.1, 0.15) is 0 Å². The van der Waals surface area contributed by atoms with Gasteiger partial charge in [0.1, 0.15) is 0 Å². The fourth-order valence-corrected chi connectivity index (χ4v) is 7.38. The third-order valence-electron chi connectivity index (χ3n) is 3.02. The molecule has 0 aliphatic rings. The Bertz CT molecular complexity index is 477. The van der Waals surface area contributed by atoms with Crippen LogP contribution in [0.4, 0.5) is 0 Å². The van der Waals surface area contributed by atoms with Crippen LogP contribution >= 0.6 is 0 Å². The summed E-state index contributed by atoms with van der Waals surface area (Å²) in [6.45, 7) is 3.94. The van der Waals surface area contributed by atoms with E-state index in [-0.39, 0.29) is 0 Å². The van der Waals surface area contributed by atoms with E-state index in [0.717, 1.165) is 5.19 Å². The molecule has 0 unspecified atom stereocenters. The van der Waals surface area contributed by atoms with E-state index in [1.807, 2.05) is 49.5 Å². The first-order valence-corrected chi connectivity index (χ1v) is 10.9. The van der Waals surface area contributed by atoms with E-state index in [1.165, 1.54) is 0 Å². The van der Waals surface area contributed by atoms with Crippen LogP contribution in [-0.4, -0.2) is 26.7 Å². The highest BCUT2D eigenvalue weighted by Crippen LogP contribution is 2.11. The normalized spacial score (nSPS) is 12.4. The maximum absolute atomic E-state index is 10.3. The zero-order valence-electron chi connectivity index (χ0n) is 11.1. The predicted octanol–water partition coefficient (Wildman–Crippen LogP) is 0.946. The molecule has 0 saturated carbocycles. The van der Waals surface area contributed by atoms with E-state index < -0.39 is 17.1 Å². The minimum Gasteiger partial charge on any atom is -0.408 e. The van der Waals surface area contributed by atoms with Crippen molar-refractivity contribution in [2.75, 3.05) is 0 Å². The van der Waals surface area contributed by atoms with Crippen molar-refractivity contribution in [3.8, 4) is 0 Å².